The molecule has 3 aromatic rings. The van der Waals surface area contributed by atoms with Gasteiger partial charge in [0, 0.05) is 43.2 Å². The lowest BCUT2D eigenvalue weighted by atomic mass is 9.92. The number of benzene rings is 1. The largest absolute Gasteiger partial charge is 0.480 e. The van der Waals surface area contributed by atoms with Gasteiger partial charge in [0.2, 0.25) is 11.8 Å². The highest BCUT2D eigenvalue weighted by Gasteiger charge is 2.43. The molecule has 36 heavy (non-hydrogen) atoms. The molecule has 4 heterocycles. The van der Waals surface area contributed by atoms with E-state index in [9.17, 15) is 13.2 Å². The monoisotopic (exact) mass is 499 g/mol. The predicted octanol–water partition coefficient (Wildman–Crippen LogP) is 4.14. The summed E-state index contributed by atoms with van der Waals surface area (Å²) < 4.78 is 49.3. The predicted molar refractivity (Wildman–Crippen MR) is 126 cm³/mol. The van der Waals surface area contributed by atoms with Gasteiger partial charge in [-0.25, -0.2) is 17.9 Å². The van der Waals surface area contributed by atoms with Crippen LogP contribution >= 0.6 is 0 Å². The van der Waals surface area contributed by atoms with Crippen molar-refractivity contribution in [2.24, 2.45) is 11.8 Å². The van der Waals surface area contributed by atoms with Crippen molar-refractivity contribution in [1.29, 1.82) is 0 Å². The van der Waals surface area contributed by atoms with E-state index in [0.29, 0.717) is 42.5 Å². The summed E-state index contributed by atoms with van der Waals surface area (Å²) in [5, 5.41) is 16.3. The number of hydrogen-bond acceptors (Lipinski definition) is 7. The number of anilines is 2. The Kier molecular flexibility index (Phi) is 5.93. The Morgan fingerprint density at radius 2 is 1.83 bits per heavy atom. The summed E-state index contributed by atoms with van der Waals surface area (Å²) in [6.45, 7) is 2.41. The number of nitrogens with zero attached hydrogens (tertiary/aromatic N) is 6. The van der Waals surface area contributed by atoms with Crippen molar-refractivity contribution < 1.29 is 17.9 Å². The first kappa shape index (κ1) is 23.1. The van der Waals surface area contributed by atoms with E-state index >= 15 is 0 Å². The Balaban J connectivity index is 1.23. The Hall–Kier alpha value is -3.37. The highest BCUT2D eigenvalue weighted by atomic mass is 19.2. The average molecular weight is 500 g/mol. The third-order valence-electron chi connectivity index (χ3n) is 7.89. The highest BCUT2D eigenvalue weighted by Crippen LogP contribution is 2.41. The first-order chi connectivity index (χ1) is 17.5. The minimum Gasteiger partial charge on any atom is -0.480 e. The van der Waals surface area contributed by atoms with E-state index in [1.54, 1.807) is 18.0 Å². The third-order valence-corrected chi connectivity index (χ3v) is 7.89. The molecule has 1 saturated carbocycles. The van der Waals surface area contributed by atoms with Crippen molar-refractivity contribution in [3.63, 3.8) is 0 Å². The van der Waals surface area contributed by atoms with Crippen LogP contribution in [0.4, 0.5) is 24.8 Å². The van der Waals surface area contributed by atoms with Crippen molar-refractivity contribution in [3.8, 4) is 5.88 Å². The maximum Gasteiger partial charge on any atom is 0.242 e. The fourth-order valence-electron chi connectivity index (χ4n) is 6.11. The topological polar surface area (TPSA) is 81.0 Å². The van der Waals surface area contributed by atoms with Crippen LogP contribution < -0.4 is 15.0 Å². The Bertz CT molecular complexity index is 1250. The molecule has 3 aliphatic rings. The van der Waals surface area contributed by atoms with Crippen molar-refractivity contribution in [2.45, 2.75) is 50.6 Å². The molecular weight excluding hydrogens is 471 g/mol. The molecule has 0 amide bonds. The van der Waals surface area contributed by atoms with Crippen molar-refractivity contribution >= 4 is 11.6 Å². The van der Waals surface area contributed by atoms with Gasteiger partial charge in [-0.05, 0) is 43.6 Å². The SMILES string of the molecule is COc1cc(N2C[C@H]3CC[C@@H](C2)C3Nc2nc3n(n2)CCCC[C@@H]3c2ccc(F)c(F)c2F)cnn1. The van der Waals surface area contributed by atoms with E-state index in [4.69, 9.17) is 14.8 Å². The number of fused-ring (bicyclic) bond motifs is 3. The first-order valence-electron chi connectivity index (χ1n) is 12.5. The number of aryl methyl sites for hydroxylation is 1. The van der Waals surface area contributed by atoms with Crippen LogP contribution in [0.1, 0.15) is 49.4 Å². The summed E-state index contributed by atoms with van der Waals surface area (Å²) >= 11 is 0. The molecule has 2 fully saturated rings. The van der Waals surface area contributed by atoms with Gasteiger partial charge in [-0.3, -0.25) is 0 Å². The first-order valence-corrected chi connectivity index (χ1v) is 12.5. The summed E-state index contributed by atoms with van der Waals surface area (Å²) in [6, 6.07) is 4.45. The van der Waals surface area contributed by atoms with Gasteiger partial charge in [-0.15, -0.1) is 10.2 Å². The molecule has 6 rings (SSSR count). The normalized spacial score (nSPS) is 25.4. The number of nitrogens with one attached hydrogen (secondary N) is 1. The minimum absolute atomic E-state index is 0.130. The molecule has 8 nitrogen and oxygen atoms in total. The molecule has 2 aromatic heterocycles. The van der Waals surface area contributed by atoms with Gasteiger partial charge in [-0.2, -0.15) is 10.1 Å². The van der Waals surface area contributed by atoms with Crippen LogP contribution in [0.15, 0.2) is 24.4 Å². The molecule has 1 aliphatic carbocycles. The van der Waals surface area contributed by atoms with Gasteiger partial charge in [0.05, 0.1) is 19.0 Å². The third kappa shape index (κ3) is 4.04. The zero-order valence-corrected chi connectivity index (χ0v) is 20.0. The molecule has 11 heteroatoms. The van der Waals surface area contributed by atoms with E-state index in [1.807, 2.05) is 6.07 Å². The summed E-state index contributed by atoms with van der Waals surface area (Å²) in [4.78, 5) is 7.09. The second-order valence-electron chi connectivity index (χ2n) is 9.96. The second-order valence-corrected chi connectivity index (χ2v) is 9.96. The van der Waals surface area contributed by atoms with Gasteiger partial charge in [0.15, 0.2) is 17.5 Å². The van der Waals surface area contributed by atoms with Crippen molar-refractivity contribution in [3.05, 3.63) is 53.2 Å². The van der Waals surface area contributed by atoms with Crippen molar-refractivity contribution in [2.75, 3.05) is 30.4 Å². The van der Waals surface area contributed by atoms with Gasteiger partial charge < -0.3 is 15.0 Å². The number of halogens is 3. The Labute approximate surface area is 206 Å². The average Bonchev–Trinajstić information content (AvgIpc) is 3.30. The van der Waals surface area contributed by atoms with E-state index in [0.717, 1.165) is 50.5 Å². The molecule has 190 valence electrons. The molecule has 2 aliphatic heterocycles. The molecule has 1 aromatic carbocycles. The number of aromatic nitrogens is 5. The van der Waals surface area contributed by atoms with E-state index in [1.165, 1.54) is 6.07 Å². The lowest BCUT2D eigenvalue weighted by Crippen LogP contribution is -2.48. The van der Waals surface area contributed by atoms with Crippen LogP contribution in [0.2, 0.25) is 0 Å². The molecule has 4 atom stereocenters. The van der Waals surface area contributed by atoms with E-state index in [2.05, 4.69) is 20.4 Å². The smallest absolute Gasteiger partial charge is 0.242 e. The molecule has 0 radical (unpaired) electrons. The maximum atomic E-state index is 14.7. The van der Waals surface area contributed by atoms with Crippen LogP contribution in [-0.4, -0.2) is 51.2 Å². The van der Waals surface area contributed by atoms with E-state index in [-0.39, 0.29) is 11.6 Å². The quantitative estimate of drug-likeness (QED) is 0.529. The molecule has 1 unspecified atom stereocenters. The van der Waals surface area contributed by atoms with E-state index < -0.39 is 23.4 Å². The fourth-order valence-corrected chi connectivity index (χ4v) is 6.11. The van der Waals surface area contributed by atoms with Gasteiger partial charge in [0.1, 0.15) is 5.82 Å². The number of hydrogen-bond donors (Lipinski definition) is 1. The molecule has 1 N–H and O–H groups in total. The molecule has 2 bridgehead atoms. The number of ether oxygens (including phenoxy) is 1. The lowest BCUT2D eigenvalue weighted by molar-refractivity contribution is 0.372. The zero-order valence-electron chi connectivity index (χ0n) is 20.0. The Morgan fingerprint density at radius 1 is 1.03 bits per heavy atom. The highest BCUT2D eigenvalue weighted by molar-refractivity contribution is 5.48. The van der Waals surface area contributed by atoms with Crippen LogP contribution in [0.3, 0.4) is 0 Å². The van der Waals surface area contributed by atoms with Crippen LogP contribution in [-0.2, 0) is 6.54 Å². The lowest BCUT2D eigenvalue weighted by Gasteiger charge is -2.39. The van der Waals surface area contributed by atoms with Gasteiger partial charge >= 0.3 is 0 Å². The molecule has 1 saturated heterocycles. The summed E-state index contributed by atoms with van der Waals surface area (Å²) in [6.07, 6.45) is 6.27. The van der Waals surface area contributed by atoms with Crippen LogP contribution in [0.25, 0.3) is 0 Å². The summed E-state index contributed by atoms with van der Waals surface area (Å²) in [7, 11) is 1.58. The van der Waals surface area contributed by atoms with Crippen LogP contribution in [0.5, 0.6) is 5.88 Å². The number of methoxy groups -OCH3 is 1. The maximum absolute atomic E-state index is 14.7. The second kappa shape index (κ2) is 9.25. The summed E-state index contributed by atoms with van der Waals surface area (Å²) in [5.41, 5.74) is 1.13. The standard InChI is InChI=1S/C25H28F3N7O/c1-36-20-10-16(11-29-32-20)34-12-14-5-6-15(13-34)23(14)30-25-31-24-18(4-2-3-9-35(24)33-25)17-7-8-19(26)22(28)21(17)27/h7-8,10-11,14-15,18,23H,2-6,9,12-13H2,1H3,(H,30,33)/t14-,15+,18-,23?/m1/s1. The van der Waals surface area contributed by atoms with Crippen LogP contribution in [0, 0.1) is 29.3 Å². The van der Waals surface area contributed by atoms with Gasteiger partial charge in [-0.1, -0.05) is 12.5 Å². The number of rotatable bonds is 5. The summed E-state index contributed by atoms with van der Waals surface area (Å²) in [5.74, 6) is -1.81. The zero-order chi connectivity index (χ0) is 24.8. The number of piperidine rings is 1. The van der Waals surface area contributed by atoms with Crippen molar-refractivity contribution in [1.82, 2.24) is 25.0 Å². The Morgan fingerprint density at radius 3 is 2.61 bits per heavy atom. The molecule has 0 spiro atoms. The van der Waals surface area contributed by atoms with Gasteiger partial charge in [0.25, 0.3) is 0 Å². The molecular formula is C25H28F3N7O. The fraction of sp³-hybridized carbons (Fsp3) is 0.520. The minimum atomic E-state index is -1.44.